The number of carbonyl (C=O) groups excluding carboxylic acids is 2. The van der Waals surface area contributed by atoms with Gasteiger partial charge >= 0.3 is 5.97 Å². The van der Waals surface area contributed by atoms with Gasteiger partial charge in [0, 0.05) is 32.9 Å². The maximum atomic E-state index is 12.0. The molecule has 0 spiro atoms. The molecule has 0 aromatic heterocycles. The van der Waals surface area contributed by atoms with Crippen LogP contribution in [0, 0.1) is 0 Å². The molecule has 0 aliphatic rings. The van der Waals surface area contributed by atoms with E-state index >= 15 is 0 Å². The molecule has 0 rings (SSSR count). The molecule has 10 heteroatoms. The Labute approximate surface area is 212 Å². The zero-order chi connectivity index (χ0) is 26.2. The fraction of sp³-hybridized carbons (Fsp3) is 0.880. The molecule has 0 aromatic carbocycles. The van der Waals surface area contributed by atoms with Gasteiger partial charge in [0.05, 0.1) is 12.4 Å². The lowest BCUT2D eigenvalue weighted by Gasteiger charge is -2.07. The van der Waals surface area contributed by atoms with Crippen molar-refractivity contribution in [1.29, 1.82) is 0 Å². The normalized spacial score (nSPS) is 11.3. The molecule has 0 heterocycles. The van der Waals surface area contributed by atoms with Gasteiger partial charge in [0.15, 0.2) is 0 Å². The summed E-state index contributed by atoms with van der Waals surface area (Å²) >= 11 is 0. The first-order valence-corrected chi connectivity index (χ1v) is 14.9. The van der Waals surface area contributed by atoms with Gasteiger partial charge in [-0.1, -0.05) is 77.0 Å². The van der Waals surface area contributed by atoms with Gasteiger partial charge in [-0.25, -0.2) is 8.42 Å². The summed E-state index contributed by atoms with van der Waals surface area (Å²) in [6.07, 6.45) is 16.0. The predicted molar refractivity (Wildman–Crippen MR) is 138 cm³/mol. The number of sulfonamides is 1. The van der Waals surface area contributed by atoms with Crippen molar-refractivity contribution in [3.05, 3.63) is 0 Å². The molecular weight excluding hydrogens is 472 g/mol. The van der Waals surface area contributed by atoms with Crippen LogP contribution in [0.1, 0.15) is 116 Å². The quantitative estimate of drug-likeness (QED) is 0.153. The van der Waals surface area contributed by atoms with Crippen molar-refractivity contribution >= 4 is 27.8 Å². The average Bonchev–Trinajstić information content (AvgIpc) is 2.78. The van der Waals surface area contributed by atoms with Crippen molar-refractivity contribution in [2.45, 2.75) is 116 Å². The monoisotopic (exact) mass is 520 g/mol. The van der Waals surface area contributed by atoms with Gasteiger partial charge in [0.2, 0.25) is 21.8 Å². The molecule has 0 saturated carbocycles. The van der Waals surface area contributed by atoms with Crippen molar-refractivity contribution in [3.63, 3.8) is 0 Å². The van der Waals surface area contributed by atoms with Crippen molar-refractivity contribution in [2.24, 2.45) is 0 Å². The highest BCUT2D eigenvalue weighted by atomic mass is 32.2. The van der Waals surface area contributed by atoms with E-state index in [1.54, 1.807) is 0 Å². The van der Waals surface area contributed by atoms with E-state index in [4.69, 9.17) is 9.84 Å². The van der Waals surface area contributed by atoms with E-state index in [2.05, 4.69) is 10.0 Å². The Morgan fingerprint density at radius 3 is 1.54 bits per heavy atom. The fourth-order valence-electron chi connectivity index (χ4n) is 3.76. The third-order valence-corrected chi connectivity index (χ3v) is 7.12. The Hall–Kier alpha value is -1.68. The van der Waals surface area contributed by atoms with Gasteiger partial charge in [0.25, 0.3) is 0 Å². The summed E-state index contributed by atoms with van der Waals surface area (Å²) in [5, 5.41) is 11.2. The minimum absolute atomic E-state index is 0.0923. The zero-order valence-electron chi connectivity index (χ0n) is 21.7. The summed E-state index contributed by atoms with van der Waals surface area (Å²) < 4.78 is 30.8. The molecule has 0 aromatic rings. The number of aliphatic carboxylic acids is 1. The maximum Gasteiger partial charge on any atom is 0.303 e. The van der Waals surface area contributed by atoms with Gasteiger partial charge in [-0.2, -0.15) is 0 Å². The second kappa shape index (κ2) is 22.8. The first-order valence-electron chi connectivity index (χ1n) is 13.3. The molecule has 0 unspecified atom stereocenters. The number of hydrogen-bond acceptors (Lipinski definition) is 6. The number of ether oxygens (including phenoxy) is 1. The number of nitrogens with one attached hydrogen (secondary N) is 2. The van der Waals surface area contributed by atoms with E-state index in [1.165, 1.54) is 52.1 Å². The number of rotatable bonds is 25. The van der Waals surface area contributed by atoms with Crippen LogP contribution in [-0.4, -0.2) is 57.3 Å². The standard InChI is InChI=1S/C25H48N2O7S/c1-34-21-20-26-23(28)18-16-22-35(32,33)27-24(29)17-14-12-10-8-6-4-2-3-5-7-9-11-13-15-19-25(30)31/h2-22H2,1H3,(H,26,28)(H,27,29)(H,30,31). The van der Waals surface area contributed by atoms with Gasteiger partial charge in [-0.3, -0.25) is 19.1 Å². The Morgan fingerprint density at radius 1 is 0.657 bits per heavy atom. The molecule has 0 radical (unpaired) electrons. The van der Waals surface area contributed by atoms with Crippen LogP contribution in [0.5, 0.6) is 0 Å². The topological polar surface area (TPSA) is 139 Å². The summed E-state index contributed by atoms with van der Waals surface area (Å²) in [6.45, 7) is 0.791. The number of hydrogen-bond donors (Lipinski definition) is 3. The molecule has 206 valence electrons. The molecule has 9 nitrogen and oxygen atoms in total. The molecule has 0 aliphatic heterocycles. The number of carbonyl (C=O) groups is 3. The summed E-state index contributed by atoms with van der Waals surface area (Å²) in [5.74, 6) is -1.66. The van der Waals surface area contributed by atoms with Gasteiger partial charge < -0.3 is 15.2 Å². The highest BCUT2D eigenvalue weighted by Crippen LogP contribution is 2.13. The van der Waals surface area contributed by atoms with Crippen LogP contribution in [0.3, 0.4) is 0 Å². The SMILES string of the molecule is COCCNC(=O)CCCS(=O)(=O)NC(=O)CCCCCCCCCCCCCCCCC(=O)O. The Bertz CT molecular complexity index is 669. The first-order chi connectivity index (χ1) is 16.8. The number of methoxy groups -OCH3 is 1. The Kier molecular flexibility index (Phi) is 21.7. The second-order valence-corrected chi connectivity index (χ2v) is 11.0. The molecule has 35 heavy (non-hydrogen) atoms. The number of carboxylic acids is 1. The number of carboxylic acid groups (broad SMARTS) is 1. The lowest BCUT2D eigenvalue weighted by atomic mass is 10.0. The minimum atomic E-state index is -3.70. The van der Waals surface area contributed by atoms with Gasteiger partial charge in [-0.15, -0.1) is 0 Å². The third kappa shape index (κ3) is 25.2. The van der Waals surface area contributed by atoms with Crippen LogP contribution in [0.2, 0.25) is 0 Å². The van der Waals surface area contributed by atoms with Crippen LogP contribution < -0.4 is 10.0 Å². The summed E-state index contributed by atoms with van der Waals surface area (Å²) in [5.41, 5.74) is 0. The second-order valence-electron chi connectivity index (χ2n) is 9.13. The van der Waals surface area contributed by atoms with Gasteiger partial charge in [0.1, 0.15) is 0 Å². The molecule has 0 saturated heterocycles. The van der Waals surface area contributed by atoms with Crippen LogP contribution in [0.15, 0.2) is 0 Å². The highest BCUT2D eigenvalue weighted by molar-refractivity contribution is 7.90. The largest absolute Gasteiger partial charge is 0.481 e. The molecule has 2 amide bonds. The first kappa shape index (κ1) is 33.3. The summed E-state index contributed by atoms with van der Waals surface area (Å²) in [4.78, 5) is 33.9. The predicted octanol–water partition coefficient (Wildman–Crippen LogP) is 4.30. The van der Waals surface area contributed by atoms with Crippen LogP contribution in [0.25, 0.3) is 0 Å². The average molecular weight is 521 g/mol. The third-order valence-electron chi connectivity index (χ3n) is 5.76. The molecule has 0 aliphatic carbocycles. The molecule has 3 N–H and O–H groups in total. The van der Waals surface area contributed by atoms with Gasteiger partial charge in [-0.05, 0) is 19.3 Å². The molecule has 0 bridgehead atoms. The lowest BCUT2D eigenvalue weighted by Crippen LogP contribution is -2.33. The lowest BCUT2D eigenvalue weighted by molar-refractivity contribution is -0.137. The Morgan fingerprint density at radius 2 is 1.09 bits per heavy atom. The molecular formula is C25H48N2O7S. The van der Waals surface area contributed by atoms with Crippen molar-refractivity contribution in [2.75, 3.05) is 26.0 Å². The van der Waals surface area contributed by atoms with Crippen LogP contribution >= 0.6 is 0 Å². The van der Waals surface area contributed by atoms with Crippen molar-refractivity contribution in [1.82, 2.24) is 10.0 Å². The Balaban J connectivity index is 3.50. The van der Waals surface area contributed by atoms with E-state index in [-0.39, 0.29) is 37.3 Å². The maximum absolute atomic E-state index is 12.0. The summed E-state index contributed by atoms with van der Waals surface area (Å²) in [6, 6.07) is 0. The van der Waals surface area contributed by atoms with Crippen LogP contribution in [0.4, 0.5) is 0 Å². The van der Waals surface area contributed by atoms with E-state index in [0.29, 0.717) is 19.6 Å². The smallest absolute Gasteiger partial charge is 0.303 e. The van der Waals surface area contributed by atoms with E-state index in [1.807, 2.05) is 0 Å². The molecule has 0 fully saturated rings. The fourth-order valence-corrected chi connectivity index (χ4v) is 4.84. The number of amides is 2. The molecule has 0 atom stereocenters. The highest BCUT2D eigenvalue weighted by Gasteiger charge is 2.15. The minimum Gasteiger partial charge on any atom is -0.481 e. The number of unbranched alkanes of at least 4 members (excludes halogenated alkanes) is 13. The summed E-state index contributed by atoms with van der Waals surface area (Å²) in [7, 11) is -2.17. The van der Waals surface area contributed by atoms with E-state index in [0.717, 1.165) is 38.5 Å². The van der Waals surface area contributed by atoms with Crippen molar-refractivity contribution < 1.29 is 32.6 Å². The van der Waals surface area contributed by atoms with E-state index in [9.17, 15) is 22.8 Å². The van der Waals surface area contributed by atoms with Crippen molar-refractivity contribution in [3.8, 4) is 0 Å². The van der Waals surface area contributed by atoms with E-state index < -0.39 is 21.9 Å². The van der Waals surface area contributed by atoms with Crippen LogP contribution in [-0.2, 0) is 29.1 Å². The zero-order valence-corrected chi connectivity index (χ0v) is 22.5.